The van der Waals surface area contributed by atoms with Gasteiger partial charge in [-0.2, -0.15) is 0 Å². The van der Waals surface area contributed by atoms with E-state index >= 15 is 0 Å². The van der Waals surface area contributed by atoms with E-state index in [1.165, 1.54) is 0 Å². The van der Waals surface area contributed by atoms with Crippen LogP contribution in [-0.4, -0.2) is 7.11 Å². The normalized spacial score (nSPS) is 3.60. The van der Waals surface area contributed by atoms with Gasteiger partial charge in [0, 0.05) is 7.11 Å². The molecule has 0 aliphatic heterocycles. The van der Waals surface area contributed by atoms with E-state index in [4.69, 9.17) is 0 Å². The maximum Gasteiger partial charge on any atom is 0.0391 e. The minimum atomic E-state index is 0. The lowest BCUT2D eigenvalue weighted by Gasteiger charge is -1.60. The fourth-order valence-electron chi connectivity index (χ4n) is 0. The molecule has 5 heavy (non-hydrogen) atoms. The molecule has 0 aromatic rings. The zero-order chi connectivity index (χ0) is 2.71. The minimum Gasteiger partial charge on any atom is -0.369 e. The molecule has 0 rings (SSSR count). The maximum absolute atomic E-state index is 4.17. The molecule has 2 heteroatoms. The Morgan fingerprint density at radius 3 is 1.40 bits per heavy atom. The van der Waals surface area contributed by atoms with Crippen LogP contribution < -0.4 is 0 Å². The molecule has 0 aliphatic rings. The first kappa shape index (κ1) is 18.2. The summed E-state index contributed by atoms with van der Waals surface area (Å²) in [5, 5.41) is 0. The molecule has 0 aromatic carbocycles. The van der Waals surface area contributed by atoms with Crippen molar-refractivity contribution in [2.24, 2.45) is 0 Å². The summed E-state index contributed by atoms with van der Waals surface area (Å²) in [4.78, 5) is 0. The third-order valence-corrected chi connectivity index (χ3v) is 0. The van der Waals surface area contributed by atoms with Crippen LogP contribution in [0, 0.1) is 0 Å². The van der Waals surface area contributed by atoms with Crippen LogP contribution >= 0.6 is 9.47 Å². The average Bonchev–Trinajstić information content (AvgIpc) is 0.918. The quantitative estimate of drug-likeness (QED) is 0.417. The topological polar surface area (TPSA) is 9.23 Å². The van der Waals surface area contributed by atoms with E-state index in [9.17, 15) is 0 Å². The highest BCUT2D eigenvalue weighted by Gasteiger charge is 1.25. The van der Waals surface area contributed by atoms with Gasteiger partial charge in [0.2, 0.25) is 0 Å². The van der Waals surface area contributed by atoms with Crippen LogP contribution in [0.2, 0.25) is 0 Å². The molecule has 1 nitrogen and oxygen atoms in total. The van der Waals surface area contributed by atoms with Crippen LogP contribution in [0.25, 0.3) is 0 Å². The average molecular weight is 96.1 g/mol. The third kappa shape index (κ3) is 165. The highest BCUT2D eigenvalue weighted by Crippen LogP contribution is 1.68. The summed E-state index contributed by atoms with van der Waals surface area (Å²) >= 11 is 0. The molecule has 0 N–H and O–H groups in total. The monoisotopic (exact) mass is 96.1 g/mol. The van der Waals surface area contributed by atoms with E-state index in [2.05, 4.69) is 14.0 Å². The first-order valence-electron chi connectivity index (χ1n) is 0.644. The highest BCUT2D eigenvalue weighted by atomic mass is 31.0. The molecule has 0 fully saturated rings. The summed E-state index contributed by atoms with van der Waals surface area (Å²) in [6.45, 7) is 0. The molecular formula is C3H13OP. The zero-order valence-electron chi connectivity index (χ0n) is 1.99. The Labute approximate surface area is 37.0 Å². The predicted molar refractivity (Wildman–Crippen MR) is 30.2 cm³/mol. The van der Waals surface area contributed by atoms with Gasteiger partial charge >= 0.3 is 0 Å². The molecule has 0 saturated heterocycles. The van der Waals surface area contributed by atoms with Crippen molar-refractivity contribution >= 4 is 9.47 Å². The first-order chi connectivity index (χ1) is 1.41. The van der Waals surface area contributed by atoms with Gasteiger partial charge in [0.15, 0.2) is 0 Å². The van der Waals surface area contributed by atoms with E-state index in [0.29, 0.717) is 0 Å². The Bertz CT molecular complexity index is 6.85. The van der Waals surface area contributed by atoms with Gasteiger partial charge in [0.1, 0.15) is 0 Å². The second-order valence-corrected chi connectivity index (χ2v) is 0.707. The number of hydrogen-bond donors (Lipinski definition) is 0. The van der Waals surface area contributed by atoms with Crippen molar-refractivity contribution in [2.75, 3.05) is 7.11 Å². The van der Waals surface area contributed by atoms with E-state index in [1.54, 1.807) is 7.11 Å². The van der Waals surface area contributed by atoms with E-state index in [1.807, 2.05) is 0 Å². The highest BCUT2D eigenvalue weighted by molar-refractivity contribution is 7.09. The number of hydrogen-bond acceptors (Lipinski definition) is 1. The van der Waals surface area contributed by atoms with Gasteiger partial charge in [0.05, 0.1) is 0 Å². The first-order valence-corrected chi connectivity index (χ1v) is 1.12. The SMILES string of the molecule is C.C.COP. The molecule has 1 unspecified atom stereocenters. The summed E-state index contributed by atoms with van der Waals surface area (Å²) in [6.07, 6.45) is 0. The molecular weight excluding hydrogens is 83.0 g/mol. The van der Waals surface area contributed by atoms with E-state index < -0.39 is 0 Å². The van der Waals surface area contributed by atoms with Crippen molar-refractivity contribution < 1.29 is 4.52 Å². The van der Waals surface area contributed by atoms with Crippen LogP contribution in [0.4, 0.5) is 0 Å². The van der Waals surface area contributed by atoms with E-state index in [0.717, 1.165) is 0 Å². The van der Waals surface area contributed by atoms with Gasteiger partial charge in [0.25, 0.3) is 0 Å². The Balaban J connectivity index is -0.0000000200. The predicted octanol–water partition coefficient (Wildman–Crippen LogP) is 1.70. The molecule has 36 valence electrons. The molecule has 0 amide bonds. The summed E-state index contributed by atoms with van der Waals surface area (Å²) < 4.78 is 4.17. The smallest absolute Gasteiger partial charge is 0.0391 e. The van der Waals surface area contributed by atoms with Crippen molar-refractivity contribution in [1.82, 2.24) is 0 Å². The van der Waals surface area contributed by atoms with Crippen molar-refractivity contribution in [1.29, 1.82) is 0 Å². The summed E-state index contributed by atoms with van der Waals surface area (Å²) in [6, 6.07) is 0. The van der Waals surface area contributed by atoms with Gasteiger partial charge in [-0.3, -0.25) is 0 Å². The van der Waals surface area contributed by atoms with Crippen LogP contribution in [0.1, 0.15) is 14.9 Å². The molecule has 0 aromatic heterocycles. The van der Waals surface area contributed by atoms with Crippen molar-refractivity contribution in [3.63, 3.8) is 0 Å². The van der Waals surface area contributed by atoms with Crippen molar-refractivity contribution in [2.45, 2.75) is 14.9 Å². The Hall–Kier alpha value is 0.390. The maximum atomic E-state index is 4.17. The van der Waals surface area contributed by atoms with Gasteiger partial charge < -0.3 is 4.52 Å². The summed E-state index contributed by atoms with van der Waals surface area (Å²) in [5.74, 6) is 0. The fraction of sp³-hybridized carbons (Fsp3) is 1.00. The van der Waals surface area contributed by atoms with Crippen LogP contribution in [0.3, 0.4) is 0 Å². The van der Waals surface area contributed by atoms with Crippen molar-refractivity contribution in [3.8, 4) is 0 Å². The molecule has 0 saturated carbocycles. The Morgan fingerprint density at radius 1 is 1.40 bits per heavy atom. The lowest BCUT2D eigenvalue weighted by atomic mass is 11.8. The minimum absolute atomic E-state index is 0. The van der Waals surface area contributed by atoms with Gasteiger partial charge in [-0.15, -0.1) is 0 Å². The largest absolute Gasteiger partial charge is 0.369 e. The molecule has 0 heterocycles. The Kier molecular flexibility index (Phi) is 95.0. The van der Waals surface area contributed by atoms with Crippen LogP contribution in [0.15, 0.2) is 0 Å². The van der Waals surface area contributed by atoms with E-state index in [-0.39, 0.29) is 14.9 Å². The van der Waals surface area contributed by atoms with Gasteiger partial charge in [-0.25, -0.2) is 0 Å². The second-order valence-electron chi connectivity index (χ2n) is 0.236. The van der Waals surface area contributed by atoms with Gasteiger partial charge in [-0.05, 0) is 9.47 Å². The summed E-state index contributed by atoms with van der Waals surface area (Å²) in [5.41, 5.74) is 0. The molecule has 0 aliphatic carbocycles. The number of rotatable bonds is 0. The third-order valence-electron chi connectivity index (χ3n) is 0. The lowest BCUT2D eigenvalue weighted by Crippen LogP contribution is -1.37. The second kappa shape index (κ2) is 26.1. The van der Waals surface area contributed by atoms with Crippen LogP contribution in [0.5, 0.6) is 0 Å². The lowest BCUT2D eigenvalue weighted by molar-refractivity contribution is 0.488. The molecule has 0 bridgehead atoms. The van der Waals surface area contributed by atoms with Crippen LogP contribution in [-0.2, 0) is 4.52 Å². The van der Waals surface area contributed by atoms with Crippen molar-refractivity contribution in [3.05, 3.63) is 0 Å². The zero-order valence-corrected chi connectivity index (χ0v) is 3.14. The fourth-order valence-corrected chi connectivity index (χ4v) is 0. The molecule has 1 atom stereocenters. The molecule has 0 radical (unpaired) electrons. The van der Waals surface area contributed by atoms with Gasteiger partial charge in [-0.1, -0.05) is 14.9 Å². The summed E-state index contributed by atoms with van der Waals surface area (Å²) in [7, 11) is 3.67. The Morgan fingerprint density at radius 2 is 1.40 bits per heavy atom. The molecule has 0 spiro atoms. The standard InChI is InChI=1S/CH5OP.2CH4/c1-2-3;;/h3H2,1H3;2*1H4.